The van der Waals surface area contributed by atoms with E-state index in [4.69, 9.17) is 4.74 Å². The summed E-state index contributed by atoms with van der Waals surface area (Å²) in [7, 11) is 0. The van der Waals surface area contributed by atoms with Crippen LogP contribution in [-0.4, -0.2) is 47.4 Å². The molecule has 0 aromatic heterocycles. The zero-order valence-corrected chi connectivity index (χ0v) is 48.2. The maximum Gasteiger partial charge on any atom is 0.305 e. The molecule has 0 saturated heterocycles. The number of rotatable bonds is 59. The summed E-state index contributed by atoms with van der Waals surface area (Å²) in [6, 6.07) is -0.632. The third-order valence-corrected chi connectivity index (χ3v) is 14.6. The zero-order valence-electron chi connectivity index (χ0n) is 48.2. The Balaban J connectivity index is 3.44. The average molecular weight is 1010 g/mol. The Morgan fingerprint density at radius 1 is 0.389 bits per heavy atom. The highest BCUT2D eigenvalue weighted by Gasteiger charge is 2.18. The first-order chi connectivity index (χ1) is 35.5. The van der Waals surface area contributed by atoms with Crippen LogP contribution in [0, 0.1) is 0 Å². The largest absolute Gasteiger partial charge is 0.466 e. The molecule has 0 aliphatic rings. The highest BCUT2D eigenvalue weighted by molar-refractivity contribution is 5.76. The Morgan fingerprint density at radius 2 is 0.708 bits per heavy atom. The van der Waals surface area contributed by atoms with Gasteiger partial charge in [0, 0.05) is 12.8 Å². The van der Waals surface area contributed by atoms with Crippen LogP contribution in [-0.2, 0) is 14.3 Å². The summed E-state index contributed by atoms with van der Waals surface area (Å²) in [4.78, 5) is 24.5. The van der Waals surface area contributed by atoms with Gasteiger partial charge in [0.1, 0.15) is 0 Å². The smallest absolute Gasteiger partial charge is 0.305 e. The number of carbonyl (C=O) groups excluding carboxylic acids is 2. The second-order valence-corrected chi connectivity index (χ2v) is 21.7. The van der Waals surface area contributed by atoms with E-state index in [1.54, 1.807) is 6.08 Å². The van der Waals surface area contributed by atoms with Gasteiger partial charge in [-0.05, 0) is 83.5 Å². The summed E-state index contributed by atoms with van der Waals surface area (Å²) in [5, 5.41) is 23.2. The van der Waals surface area contributed by atoms with Gasteiger partial charge < -0.3 is 20.3 Å². The number of amides is 1. The van der Waals surface area contributed by atoms with E-state index in [1.807, 2.05) is 6.08 Å². The van der Waals surface area contributed by atoms with Gasteiger partial charge in [-0.1, -0.05) is 287 Å². The monoisotopic (exact) mass is 1010 g/mol. The summed E-state index contributed by atoms with van der Waals surface area (Å²) in [6.45, 7) is 4.87. The minimum Gasteiger partial charge on any atom is -0.466 e. The van der Waals surface area contributed by atoms with Crippen molar-refractivity contribution in [3.8, 4) is 0 Å². The molecule has 0 fully saturated rings. The summed E-state index contributed by atoms with van der Waals surface area (Å²) in [5.74, 6) is -0.0741. The molecule has 0 aromatic carbocycles. The van der Waals surface area contributed by atoms with Crippen LogP contribution >= 0.6 is 0 Å². The normalized spacial score (nSPS) is 12.9. The Labute approximate surface area is 448 Å². The van der Waals surface area contributed by atoms with Crippen molar-refractivity contribution < 1.29 is 24.5 Å². The van der Waals surface area contributed by atoms with Gasteiger partial charge in [0.05, 0.1) is 25.4 Å². The summed E-state index contributed by atoms with van der Waals surface area (Å²) >= 11 is 0. The molecule has 0 aliphatic carbocycles. The van der Waals surface area contributed by atoms with Crippen LogP contribution in [0.3, 0.4) is 0 Å². The van der Waals surface area contributed by atoms with Crippen molar-refractivity contribution in [2.45, 2.75) is 347 Å². The highest BCUT2D eigenvalue weighted by Crippen LogP contribution is 2.17. The lowest BCUT2D eigenvalue weighted by molar-refractivity contribution is -0.143. The number of hydrogen-bond acceptors (Lipinski definition) is 5. The first kappa shape index (κ1) is 69.8. The molecule has 0 rings (SSSR count). The Hall–Kier alpha value is -2.18. The van der Waals surface area contributed by atoms with Crippen LogP contribution in [0.5, 0.6) is 0 Å². The Bertz CT molecular complexity index is 1210. The molecule has 3 N–H and O–H groups in total. The molecule has 422 valence electrons. The van der Waals surface area contributed by atoms with Crippen LogP contribution in [0.25, 0.3) is 0 Å². The number of esters is 1. The lowest BCUT2D eigenvalue weighted by atomic mass is 10.0. The first-order valence-corrected chi connectivity index (χ1v) is 31.9. The molecule has 0 bridgehead atoms. The van der Waals surface area contributed by atoms with Crippen LogP contribution in [0.2, 0.25) is 0 Å². The number of aliphatic hydroxyl groups excluding tert-OH is 2. The molecular formula is C66H123NO5. The summed E-state index contributed by atoms with van der Waals surface area (Å²) in [6.07, 6.45) is 78.7. The van der Waals surface area contributed by atoms with E-state index in [2.05, 4.69) is 55.6 Å². The first-order valence-electron chi connectivity index (χ1n) is 31.9. The molecule has 0 aliphatic heterocycles. The third-order valence-electron chi connectivity index (χ3n) is 14.6. The number of allylic oxidation sites excluding steroid dienone is 7. The second kappa shape index (κ2) is 61.4. The maximum atomic E-state index is 12.5. The van der Waals surface area contributed by atoms with Crippen molar-refractivity contribution in [2.75, 3.05) is 13.2 Å². The van der Waals surface area contributed by atoms with E-state index in [0.717, 1.165) is 51.4 Å². The van der Waals surface area contributed by atoms with Crippen molar-refractivity contribution in [3.05, 3.63) is 48.6 Å². The van der Waals surface area contributed by atoms with E-state index in [9.17, 15) is 19.8 Å². The molecule has 0 heterocycles. The van der Waals surface area contributed by atoms with Gasteiger partial charge in [-0.3, -0.25) is 9.59 Å². The molecule has 2 atom stereocenters. The molecule has 0 saturated carbocycles. The number of aliphatic hydroxyl groups is 2. The second-order valence-electron chi connectivity index (χ2n) is 21.7. The average Bonchev–Trinajstić information content (AvgIpc) is 3.38. The standard InChI is InChI=1S/C66H123NO5/c1-3-5-7-9-11-13-15-17-19-28-31-34-38-42-46-50-54-58-64(69)63(62-68)67-65(70)59-55-51-47-43-39-35-32-29-26-24-22-20-21-23-25-27-30-33-37-41-45-49-53-57-61-72-66(71)60-56-52-48-44-40-36-18-16-14-12-10-8-6-4-2/h10,12,16,18,22,24,54,58,63-64,68-69H,3-9,11,13-15,17,19-21,23,25-53,55-57,59-62H2,1-2H3,(H,67,70)/b12-10-,18-16-,24-22-,58-54+. The molecule has 6 heteroatoms. The highest BCUT2D eigenvalue weighted by atomic mass is 16.5. The minimum atomic E-state index is -0.848. The molecule has 2 unspecified atom stereocenters. The molecule has 6 nitrogen and oxygen atoms in total. The van der Waals surface area contributed by atoms with Gasteiger partial charge in [-0.25, -0.2) is 0 Å². The van der Waals surface area contributed by atoms with Crippen molar-refractivity contribution in [2.24, 2.45) is 0 Å². The molecular weight excluding hydrogens is 887 g/mol. The van der Waals surface area contributed by atoms with Crippen molar-refractivity contribution in [1.82, 2.24) is 5.32 Å². The molecule has 1 amide bonds. The van der Waals surface area contributed by atoms with Crippen molar-refractivity contribution in [1.29, 1.82) is 0 Å². The fourth-order valence-electron chi connectivity index (χ4n) is 9.65. The van der Waals surface area contributed by atoms with Gasteiger partial charge in [0.2, 0.25) is 5.91 Å². The van der Waals surface area contributed by atoms with Gasteiger partial charge >= 0.3 is 5.97 Å². The van der Waals surface area contributed by atoms with E-state index in [0.29, 0.717) is 19.4 Å². The van der Waals surface area contributed by atoms with Gasteiger partial charge in [-0.15, -0.1) is 0 Å². The SMILES string of the molecule is CCCC/C=C\C/C=C\CCCCCCCC(=O)OCCCCCCCCCCCCCC/C=C\CCCCCCCCCCC(=O)NC(CO)C(O)/C=C/CCCCCCCCCCCCCCCCC. The molecule has 0 radical (unpaired) electrons. The lowest BCUT2D eigenvalue weighted by Crippen LogP contribution is -2.45. The van der Waals surface area contributed by atoms with E-state index in [1.165, 1.54) is 257 Å². The fraction of sp³-hybridized carbons (Fsp3) is 0.848. The topological polar surface area (TPSA) is 95.9 Å². The van der Waals surface area contributed by atoms with E-state index >= 15 is 0 Å². The number of carbonyl (C=O) groups is 2. The molecule has 0 spiro atoms. The number of hydrogen-bond donors (Lipinski definition) is 3. The molecule has 72 heavy (non-hydrogen) atoms. The van der Waals surface area contributed by atoms with E-state index in [-0.39, 0.29) is 18.5 Å². The van der Waals surface area contributed by atoms with Crippen molar-refractivity contribution >= 4 is 11.9 Å². The summed E-state index contributed by atoms with van der Waals surface area (Å²) in [5.41, 5.74) is 0. The van der Waals surface area contributed by atoms with Crippen LogP contribution in [0.4, 0.5) is 0 Å². The minimum absolute atomic E-state index is 0.00283. The van der Waals surface area contributed by atoms with E-state index < -0.39 is 12.1 Å². The van der Waals surface area contributed by atoms with Gasteiger partial charge in [-0.2, -0.15) is 0 Å². The predicted molar refractivity (Wildman–Crippen MR) is 315 cm³/mol. The van der Waals surface area contributed by atoms with Crippen LogP contribution in [0.1, 0.15) is 335 Å². The zero-order chi connectivity index (χ0) is 52.2. The van der Waals surface area contributed by atoms with Crippen LogP contribution < -0.4 is 5.32 Å². The lowest BCUT2D eigenvalue weighted by Gasteiger charge is -2.20. The van der Waals surface area contributed by atoms with Crippen LogP contribution in [0.15, 0.2) is 48.6 Å². The quantitative estimate of drug-likeness (QED) is 0.0320. The Kier molecular flexibility index (Phi) is 59.5. The Morgan fingerprint density at radius 3 is 1.11 bits per heavy atom. The predicted octanol–water partition coefficient (Wildman–Crippen LogP) is 20.1. The number of ether oxygens (including phenoxy) is 1. The van der Waals surface area contributed by atoms with Gasteiger partial charge in [0.15, 0.2) is 0 Å². The number of nitrogens with one attached hydrogen (secondary N) is 1. The third kappa shape index (κ3) is 57.1. The van der Waals surface area contributed by atoms with Crippen molar-refractivity contribution in [3.63, 3.8) is 0 Å². The maximum absolute atomic E-state index is 12.5. The molecule has 0 aromatic rings. The summed E-state index contributed by atoms with van der Waals surface area (Å²) < 4.78 is 5.47. The fourth-order valence-corrected chi connectivity index (χ4v) is 9.65. The number of unbranched alkanes of at least 4 members (excludes halogenated alkanes) is 42. The van der Waals surface area contributed by atoms with Gasteiger partial charge in [0.25, 0.3) is 0 Å².